The Kier molecular flexibility index (Phi) is 9.07. The Morgan fingerprint density at radius 2 is 1.68 bits per heavy atom. The van der Waals surface area contributed by atoms with E-state index in [4.69, 9.17) is 14.3 Å². The predicted octanol–water partition coefficient (Wildman–Crippen LogP) is 7.90. The lowest BCUT2D eigenvalue weighted by atomic mass is 9.90. The van der Waals surface area contributed by atoms with Gasteiger partial charge in [0, 0.05) is 47.3 Å². The maximum absolute atomic E-state index is 13.1. The van der Waals surface area contributed by atoms with Crippen LogP contribution in [-0.4, -0.2) is 46.8 Å². The van der Waals surface area contributed by atoms with Crippen molar-refractivity contribution in [1.29, 1.82) is 0 Å². The molecule has 0 spiro atoms. The van der Waals surface area contributed by atoms with E-state index in [0.29, 0.717) is 23.8 Å². The third-order valence-corrected chi connectivity index (χ3v) is 8.91. The first-order valence-electron chi connectivity index (χ1n) is 16.2. The molecule has 0 unspecified atom stereocenters. The van der Waals surface area contributed by atoms with Gasteiger partial charge in [0.05, 0.1) is 31.2 Å². The lowest BCUT2D eigenvalue weighted by molar-refractivity contribution is -0.131. The molecule has 3 heterocycles. The fourth-order valence-corrected chi connectivity index (χ4v) is 6.04. The van der Waals surface area contributed by atoms with Gasteiger partial charge in [-0.2, -0.15) is 5.10 Å². The third-order valence-electron chi connectivity index (χ3n) is 8.91. The van der Waals surface area contributed by atoms with Gasteiger partial charge in [-0.3, -0.25) is 10.1 Å². The van der Waals surface area contributed by atoms with Crippen molar-refractivity contribution in [3.05, 3.63) is 101 Å². The maximum atomic E-state index is 13.1. The van der Waals surface area contributed by atoms with Crippen molar-refractivity contribution in [3.8, 4) is 11.4 Å². The summed E-state index contributed by atoms with van der Waals surface area (Å²) >= 11 is 0. The zero-order valence-electron chi connectivity index (χ0n) is 27.8. The van der Waals surface area contributed by atoms with Crippen LogP contribution in [0, 0.1) is 12.8 Å². The summed E-state index contributed by atoms with van der Waals surface area (Å²) in [6.07, 6.45) is 4.87. The molecular formula is C38H43N5O4. The van der Waals surface area contributed by atoms with Gasteiger partial charge in [0.25, 0.3) is 0 Å². The monoisotopic (exact) mass is 633 g/mol. The standard InChI is InChI=1S/C38H43N5O4/c1-25-6-12-30(13-7-25)43-35(23-34(41-43)38(2,3)4)40-37(45)39-29-10-8-26(9-11-29)20-27-16-18-42(19-17-27)36(44)21-28-24-47-33-22-31(46-5)14-15-32(28)33/h6-15,22-24,27H,16-21H2,1-5H3,(H2,39,40,45). The number of hydrogen-bond acceptors (Lipinski definition) is 5. The van der Waals surface area contributed by atoms with Gasteiger partial charge in [0.2, 0.25) is 5.91 Å². The molecule has 3 amide bonds. The fraction of sp³-hybridized carbons (Fsp3) is 0.342. The number of methoxy groups -OCH3 is 1. The molecule has 47 heavy (non-hydrogen) atoms. The van der Waals surface area contributed by atoms with Crippen molar-refractivity contribution in [2.24, 2.45) is 5.92 Å². The van der Waals surface area contributed by atoms with Crippen LogP contribution < -0.4 is 15.4 Å². The van der Waals surface area contributed by atoms with Crippen LogP contribution in [0.2, 0.25) is 0 Å². The van der Waals surface area contributed by atoms with Gasteiger partial charge < -0.3 is 19.4 Å². The largest absolute Gasteiger partial charge is 0.497 e. The third kappa shape index (κ3) is 7.51. The molecule has 1 aliphatic rings. The smallest absolute Gasteiger partial charge is 0.324 e. The molecule has 0 atom stereocenters. The number of hydrogen-bond donors (Lipinski definition) is 2. The molecule has 0 saturated carbocycles. The van der Waals surface area contributed by atoms with Crippen molar-refractivity contribution < 1.29 is 18.7 Å². The highest BCUT2D eigenvalue weighted by atomic mass is 16.5. The minimum Gasteiger partial charge on any atom is -0.497 e. The number of amides is 3. The van der Waals surface area contributed by atoms with Crippen LogP contribution >= 0.6 is 0 Å². The number of aryl methyl sites for hydroxylation is 1. The molecule has 0 radical (unpaired) electrons. The molecule has 244 valence electrons. The molecule has 6 rings (SSSR count). The van der Waals surface area contributed by atoms with E-state index in [2.05, 4.69) is 43.5 Å². The molecule has 0 bridgehead atoms. The number of furan rings is 1. The van der Waals surface area contributed by atoms with E-state index in [1.807, 2.05) is 72.5 Å². The van der Waals surface area contributed by atoms with Crippen LogP contribution in [0.15, 0.2) is 83.5 Å². The van der Waals surface area contributed by atoms with E-state index in [9.17, 15) is 9.59 Å². The summed E-state index contributed by atoms with van der Waals surface area (Å²) < 4.78 is 12.7. The Bertz CT molecular complexity index is 1860. The van der Waals surface area contributed by atoms with Crippen LogP contribution in [0.5, 0.6) is 5.75 Å². The van der Waals surface area contributed by atoms with Gasteiger partial charge in [0.1, 0.15) is 17.2 Å². The number of ether oxygens (including phenoxy) is 1. The highest BCUT2D eigenvalue weighted by Gasteiger charge is 2.25. The van der Waals surface area contributed by atoms with Crippen LogP contribution in [0.25, 0.3) is 16.7 Å². The summed E-state index contributed by atoms with van der Waals surface area (Å²) in [5.74, 6) is 1.97. The van der Waals surface area contributed by atoms with Crippen LogP contribution in [-0.2, 0) is 23.1 Å². The summed E-state index contributed by atoms with van der Waals surface area (Å²) in [7, 11) is 1.62. The van der Waals surface area contributed by atoms with E-state index in [0.717, 1.165) is 71.6 Å². The number of nitrogens with zero attached hydrogens (tertiary/aromatic N) is 3. The molecule has 2 N–H and O–H groups in total. The Morgan fingerprint density at radius 3 is 2.36 bits per heavy atom. The molecule has 9 nitrogen and oxygen atoms in total. The van der Waals surface area contributed by atoms with Crippen molar-refractivity contribution >= 4 is 34.4 Å². The second-order valence-corrected chi connectivity index (χ2v) is 13.5. The number of nitrogens with one attached hydrogen (secondary N) is 2. The Hall–Kier alpha value is -5.05. The number of fused-ring (bicyclic) bond motifs is 1. The SMILES string of the molecule is COc1ccc2c(CC(=O)N3CCC(Cc4ccc(NC(=O)Nc5cc(C(C)(C)C)nn5-c5ccc(C)cc5)cc4)CC3)coc2c1. The van der Waals surface area contributed by atoms with Gasteiger partial charge in [-0.05, 0) is 74.1 Å². The van der Waals surface area contributed by atoms with Crippen molar-refractivity contribution in [1.82, 2.24) is 14.7 Å². The van der Waals surface area contributed by atoms with Crippen molar-refractivity contribution in [2.75, 3.05) is 30.8 Å². The average Bonchev–Trinajstić information content (AvgIpc) is 3.66. The van der Waals surface area contributed by atoms with E-state index in [-0.39, 0.29) is 17.4 Å². The number of aromatic nitrogens is 2. The number of anilines is 2. The minimum absolute atomic E-state index is 0.132. The number of piperidine rings is 1. The fourth-order valence-electron chi connectivity index (χ4n) is 6.04. The molecule has 5 aromatic rings. The van der Waals surface area contributed by atoms with Gasteiger partial charge in [0.15, 0.2) is 0 Å². The lowest BCUT2D eigenvalue weighted by Crippen LogP contribution is -2.39. The summed E-state index contributed by atoms with van der Waals surface area (Å²) in [5.41, 5.74) is 6.33. The first-order chi connectivity index (χ1) is 22.6. The summed E-state index contributed by atoms with van der Waals surface area (Å²) in [4.78, 5) is 28.1. The van der Waals surface area contributed by atoms with Gasteiger partial charge in [-0.25, -0.2) is 9.48 Å². The number of urea groups is 1. The molecule has 9 heteroatoms. The Balaban J connectivity index is 1.00. The Labute approximate surface area is 275 Å². The van der Waals surface area contributed by atoms with Crippen LogP contribution in [0.1, 0.15) is 56.0 Å². The molecule has 0 aliphatic carbocycles. The van der Waals surface area contributed by atoms with Crippen molar-refractivity contribution in [2.45, 2.75) is 58.8 Å². The number of carbonyl (C=O) groups is 2. The van der Waals surface area contributed by atoms with E-state index in [1.165, 1.54) is 5.56 Å². The Morgan fingerprint density at radius 1 is 0.957 bits per heavy atom. The zero-order chi connectivity index (χ0) is 33.1. The van der Waals surface area contributed by atoms with Crippen LogP contribution in [0.4, 0.5) is 16.3 Å². The van der Waals surface area contributed by atoms with Crippen molar-refractivity contribution in [3.63, 3.8) is 0 Å². The highest BCUT2D eigenvalue weighted by molar-refractivity contribution is 5.99. The lowest BCUT2D eigenvalue weighted by Gasteiger charge is -2.32. The maximum Gasteiger partial charge on any atom is 0.324 e. The summed E-state index contributed by atoms with van der Waals surface area (Å²) in [6.45, 7) is 9.86. The predicted molar refractivity (Wildman–Crippen MR) is 186 cm³/mol. The molecule has 3 aromatic carbocycles. The van der Waals surface area contributed by atoms with E-state index >= 15 is 0 Å². The second kappa shape index (κ2) is 13.4. The molecule has 2 aromatic heterocycles. The van der Waals surface area contributed by atoms with Gasteiger partial charge >= 0.3 is 6.03 Å². The van der Waals surface area contributed by atoms with Gasteiger partial charge in [-0.15, -0.1) is 0 Å². The number of carbonyl (C=O) groups excluding carboxylic acids is 2. The quantitative estimate of drug-likeness (QED) is 0.181. The topological polar surface area (TPSA) is 102 Å². The minimum atomic E-state index is -0.327. The van der Waals surface area contributed by atoms with E-state index in [1.54, 1.807) is 18.1 Å². The second-order valence-electron chi connectivity index (χ2n) is 13.5. The molecular weight excluding hydrogens is 590 g/mol. The number of rotatable bonds is 8. The summed E-state index contributed by atoms with van der Waals surface area (Å²) in [6, 6.07) is 23.4. The summed E-state index contributed by atoms with van der Waals surface area (Å²) in [5, 5.41) is 11.7. The van der Waals surface area contributed by atoms with Gasteiger partial charge in [-0.1, -0.05) is 50.6 Å². The first-order valence-corrected chi connectivity index (χ1v) is 16.2. The average molecular weight is 634 g/mol. The molecule has 1 saturated heterocycles. The molecule has 1 aliphatic heterocycles. The van der Waals surface area contributed by atoms with Crippen LogP contribution in [0.3, 0.4) is 0 Å². The van der Waals surface area contributed by atoms with E-state index < -0.39 is 0 Å². The highest BCUT2D eigenvalue weighted by Crippen LogP contribution is 2.29. The zero-order valence-corrected chi connectivity index (χ0v) is 27.8. The number of benzene rings is 3. The first kappa shape index (κ1) is 31.9. The molecule has 1 fully saturated rings. The number of likely N-dealkylation sites (tertiary alicyclic amines) is 1. The normalized spacial score (nSPS) is 13.9.